The highest BCUT2D eigenvalue weighted by Crippen LogP contribution is 2.51. The maximum Gasteiger partial charge on any atom is 0.226 e. The van der Waals surface area contributed by atoms with Gasteiger partial charge in [0.1, 0.15) is 18.1 Å². The van der Waals surface area contributed by atoms with Crippen LogP contribution < -0.4 is 10.1 Å². The molecular formula is C24H15Cl3N4O. The number of anilines is 1. The van der Waals surface area contributed by atoms with Crippen LogP contribution in [0.15, 0.2) is 78.6 Å². The summed E-state index contributed by atoms with van der Waals surface area (Å²) < 4.78 is 8.43. The monoisotopic (exact) mass is 480 g/mol. The SMILES string of the molecule is Clc1ccc([C@@H]2Oc3ccc(Cl)cc3C3=C2[C@@H](c2ccccc2)n2ncnc2N3)c(Cl)c1. The summed E-state index contributed by atoms with van der Waals surface area (Å²) in [5, 5.41) is 9.68. The average molecular weight is 482 g/mol. The van der Waals surface area contributed by atoms with Gasteiger partial charge >= 0.3 is 0 Å². The zero-order chi connectivity index (χ0) is 21.8. The highest BCUT2D eigenvalue weighted by atomic mass is 35.5. The maximum atomic E-state index is 6.66. The van der Waals surface area contributed by atoms with E-state index in [0.717, 1.165) is 28.0 Å². The van der Waals surface area contributed by atoms with E-state index in [4.69, 9.17) is 39.5 Å². The Morgan fingerprint density at radius 3 is 2.50 bits per heavy atom. The third-order valence-corrected chi connectivity index (χ3v) is 6.53. The molecule has 3 aromatic carbocycles. The van der Waals surface area contributed by atoms with Crippen molar-refractivity contribution in [3.8, 4) is 5.75 Å². The molecule has 4 aromatic rings. The van der Waals surface area contributed by atoms with Crippen LogP contribution in [0.4, 0.5) is 5.95 Å². The second kappa shape index (κ2) is 7.55. The van der Waals surface area contributed by atoms with Gasteiger partial charge in [-0.2, -0.15) is 10.1 Å². The normalized spacial score (nSPS) is 18.8. The number of hydrogen-bond acceptors (Lipinski definition) is 4. The summed E-state index contributed by atoms with van der Waals surface area (Å²) in [5.41, 5.74) is 4.59. The Balaban J connectivity index is 1.65. The number of nitrogens with one attached hydrogen (secondary N) is 1. The molecule has 1 N–H and O–H groups in total. The molecule has 1 aromatic heterocycles. The first-order chi connectivity index (χ1) is 15.6. The number of fused-ring (bicyclic) bond motifs is 3. The fraction of sp³-hybridized carbons (Fsp3) is 0.0833. The quantitative estimate of drug-likeness (QED) is 0.342. The summed E-state index contributed by atoms with van der Waals surface area (Å²) in [6.45, 7) is 0. The summed E-state index contributed by atoms with van der Waals surface area (Å²) in [4.78, 5) is 4.44. The summed E-state index contributed by atoms with van der Waals surface area (Å²) >= 11 is 19.2. The molecule has 32 heavy (non-hydrogen) atoms. The van der Waals surface area contributed by atoms with E-state index >= 15 is 0 Å². The predicted octanol–water partition coefficient (Wildman–Crippen LogP) is 6.80. The Morgan fingerprint density at radius 2 is 1.69 bits per heavy atom. The first kappa shape index (κ1) is 19.7. The summed E-state index contributed by atoms with van der Waals surface area (Å²) in [5.74, 6) is 1.35. The molecule has 0 saturated heterocycles. The predicted molar refractivity (Wildman–Crippen MR) is 126 cm³/mol. The molecular weight excluding hydrogens is 467 g/mol. The Morgan fingerprint density at radius 1 is 0.906 bits per heavy atom. The molecule has 2 aliphatic heterocycles. The molecule has 0 unspecified atom stereocenters. The molecule has 0 radical (unpaired) electrons. The molecule has 0 amide bonds. The van der Waals surface area contributed by atoms with Gasteiger partial charge in [0, 0.05) is 31.8 Å². The van der Waals surface area contributed by atoms with Crippen molar-refractivity contribution in [1.82, 2.24) is 14.8 Å². The molecule has 0 saturated carbocycles. The second-order valence-electron chi connectivity index (χ2n) is 7.60. The molecule has 6 rings (SSSR count). The molecule has 2 atom stereocenters. The van der Waals surface area contributed by atoms with Crippen LogP contribution in [-0.4, -0.2) is 14.8 Å². The van der Waals surface area contributed by atoms with Crippen LogP contribution in [0, 0.1) is 0 Å². The number of benzene rings is 3. The third-order valence-electron chi connectivity index (χ3n) is 5.74. The highest BCUT2D eigenvalue weighted by Gasteiger charge is 2.41. The van der Waals surface area contributed by atoms with E-state index in [1.807, 2.05) is 53.2 Å². The van der Waals surface area contributed by atoms with Gasteiger partial charge in [-0.15, -0.1) is 0 Å². The molecule has 8 heteroatoms. The lowest BCUT2D eigenvalue weighted by Gasteiger charge is -2.39. The average Bonchev–Trinajstić information content (AvgIpc) is 3.26. The number of hydrogen-bond donors (Lipinski definition) is 1. The first-order valence-corrected chi connectivity index (χ1v) is 11.1. The fourth-order valence-electron chi connectivity index (χ4n) is 4.37. The molecule has 158 valence electrons. The molecule has 0 fully saturated rings. The van der Waals surface area contributed by atoms with E-state index in [1.54, 1.807) is 12.4 Å². The van der Waals surface area contributed by atoms with Crippen molar-refractivity contribution < 1.29 is 4.74 Å². The van der Waals surface area contributed by atoms with Crippen LogP contribution in [0.5, 0.6) is 5.75 Å². The van der Waals surface area contributed by atoms with Gasteiger partial charge in [-0.1, -0.05) is 71.2 Å². The standard InChI is InChI=1S/C24H15Cl3N4O/c25-14-7-9-19-17(10-14)21-20(23(32-19)16-8-6-15(26)11-18(16)27)22(13-4-2-1-3-5-13)31-24(30-21)28-12-29-31/h1-12,22-23H,(H,28,29,30)/t22-,23+/m1/s1. The molecule has 0 spiro atoms. The zero-order valence-electron chi connectivity index (χ0n) is 16.5. The van der Waals surface area contributed by atoms with Gasteiger partial charge in [0.2, 0.25) is 5.95 Å². The second-order valence-corrected chi connectivity index (χ2v) is 8.88. The topological polar surface area (TPSA) is 52.0 Å². The van der Waals surface area contributed by atoms with E-state index in [2.05, 4.69) is 27.5 Å². The number of rotatable bonds is 2. The first-order valence-electron chi connectivity index (χ1n) is 9.97. The van der Waals surface area contributed by atoms with E-state index in [9.17, 15) is 0 Å². The van der Waals surface area contributed by atoms with Gasteiger partial charge in [-0.05, 0) is 35.9 Å². The van der Waals surface area contributed by atoms with E-state index in [0.29, 0.717) is 26.8 Å². The van der Waals surface area contributed by atoms with Crippen LogP contribution in [0.3, 0.4) is 0 Å². The lowest BCUT2D eigenvalue weighted by Crippen LogP contribution is -2.32. The van der Waals surface area contributed by atoms with Crippen LogP contribution in [0.2, 0.25) is 15.1 Å². The van der Waals surface area contributed by atoms with Crippen molar-refractivity contribution in [2.45, 2.75) is 12.1 Å². The van der Waals surface area contributed by atoms with Crippen molar-refractivity contribution >= 4 is 46.4 Å². The minimum atomic E-state index is -0.474. The van der Waals surface area contributed by atoms with Crippen LogP contribution >= 0.6 is 34.8 Å². The van der Waals surface area contributed by atoms with Crippen molar-refractivity contribution in [3.63, 3.8) is 0 Å². The van der Waals surface area contributed by atoms with Crippen molar-refractivity contribution in [1.29, 1.82) is 0 Å². The van der Waals surface area contributed by atoms with Gasteiger partial charge in [0.05, 0.1) is 5.70 Å². The van der Waals surface area contributed by atoms with Gasteiger partial charge in [0.15, 0.2) is 6.10 Å². The number of halogens is 3. The van der Waals surface area contributed by atoms with Crippen LogP contribution in [-0.2, 0) is 0 Å². The summed E-state index contributed by atoms with van der Waals surface area (Å²) in [6, 6.07) is 20.9. The van der Waals surface area contributed by atoms with E-state index in [1.165, 1.54) is 0 Å². The van der Waals surface area contributed by atoms with Crippen molar-refractivity contribution in [2.75, 3.05) is 5.32 Å². The Labute approximate surface area is 199 Å². The smallest absolute Gasteiger partial charge is 0.226 e. The van der Waals surface area contributed by atoms with E-state index < -0.39 is 6.10 Å². The lowest BCUT2D eigenvalue weighted by atomic mass is 9.84. The minimum Gasteiger partial charge on any atom is -0.480 e. The molecule has 0 bridgehead atoms. The van der Waals surface area contributed by atoms with E-state index in [-0.39, 0.29) is 6.04 Å². The van der Waals surface area contributed by atoms with Crippen LogP contribution in [0.25, 0.3) is 5.70 Å². The van der Waals surface area contributed by atoms with Crippen molar-refractivity contribution in [3.05, 3.63) is 110 Å². The third kappa shape index (κ3) is 3.08. The fourth-order valence-corrected chi connectivity index (χ4v) is 5.05. The minimum absolute atomic E-state index is 0.256. The molecule has 2 aliphatic rings. The zero-order valence-corrected chi connectivity index (χ0v) is 18.7. The number of ether oxygens (including phenoxy) is 1. The van der Waals surface area contributed by atoms with Crippen LogP contribution in [0.1, 0.15) is 28.8 Å². The molecule has 3 heterocycles. The molecule has 0 aliphatic carbocycles. The van der Waals surface area contributed by atoms with Crippen molar-refractivity contribution in [2.24, 2.45) is 0 Å². The largest absolute Gasteiger partial charge is 0.480 e. The lowest BCUT2D eigenvalue weighted by molar-refractivity contribution is 0.223. The molecule has 5 nitrogen and oxygen atoms in total. The Bertz CT molecular complexity index is 1380. The van der Waals surface area contributed by atoms with Gasteiger partial charge in [-0.3, -0.25) is 0 Å². The van der Waals surface area contributed by atoms with Gasteiger partial charge < -0.3 is 10.1 Å². The van der Waals surface area contributed by atoms with Gasteiger partial charge in [0.25, 0.3) is 0 Å². The summed E-state index contributed by atoms with van der Waals surface area (Å²) in [7, 11) is 0. The number of nitrogens with zero attached hydrogens (tertiary/aromatic N) is 3. The Hall–Kier alpha value is -2.99. The maximum absolute atomic E-state index is 6.66. The Kier molecular flexibility index (Phi) is 4.65. The highest BCUT2D eigenvalue weighted by molar-refractivity contribution is 6.35. The summed E-state index contributed by atoms with van der Waals surface area (Å²) in [6.07, 6.45) is 1.07. The number of aromatic nitrogens is 3. The van der Waals surface area contributed by atoms with Gasteiger partial charge in [-0.25, -0.2) is 4.68 Å².